The van der Waals surface area contributed by atoms with E-state index >= 15 is 0 Å². The van der Waals surface area contributed by atoms with E-state index in [0.29, 0.717) is 4.90 Å². The smallest absolute Gasteiger partial charge is 0.241 e. The minimum absolute atomic E-state index is 0.101. The second-order valence-electron chi connectivity index (χ2n) is 6.47. The van der Waals surface area contributed by atoms with E-state index in [9.17, 15) is 8.42 Å². The van der Waals surface area contributed by atoms with Gasteiger partial charge in [0, 0.05) is 17.5 Å². The molecule has 26 heavy (non-hydrogen) atoms. The van der Waals surface area contributed by atoms with Crippen LogP contribution in [0.5, 0.6) is 0 Å². The Labute approximate surface area is 159 Å². The van der Waals surface area contributed by atoms with Crippen molar-refractivity contribution in [3.8, 4) is 11.3 Å². The molecule has 3 rings (SSSR count). The number of sulfonamides is 1. The molecule has 0 radical (unpaired) electrons. The summed E-state index contributed by atoms with van der Waals surface area (Å²) in [6, 6.07) is 15.1. The van der Waals surface area contributed by atoms with Crippen molar-refractivity contribution < 1.29 is 8.42 Å². The minimum atomic E-state index is -3.63. The quantitative estimate of drug-likeness (QED) is 0.667. The molecule has 1 N–H and O–H groups in total. The zero-order valence-corrected chi connectivity index (χ0v) is 16.7. The second-order valence-corrected chi connectivity index (χ2v) is 9.27. The average molecular weight is 387 g/mol. The summed E-state index contributed by atoms with van der Waals surface area (Å²) < 4.78 is 28.7. The van der Waals surface area contributed by atoms with Crippen LogP contribution in [0.4, 0.5) is 0 Å². The molecule has 0 bridgehead atoms. The van der Waals surface area contributed by atoms with E-state index in [0.717, 1.165) is 27.4 Å². The van der Waals surface area contributed by atoms with Crippen molar-refractivity contribution in [2.24, 2.45) is 0 Å². The maximum atomic E-state index is 13.0. The van der Waals surface area contributed by atoms with Crippen LogP contribution in [0.3, 0.4) is 0 Å². The summed E-state index contributed by atoms with van der Waals surface area (Å²) in [6.45, 7) is 6.20. The Hall–Kier alpha value is -2.02. The Kier molecular flexibility index (Phi) is 5.55. The van der Waals surface area contributed by atoms with Crippen LogP contribution >= 0.6 is 11.3 Å². The van der Waals surface area contributed by atoms with Gasteiger partial charge in [-0.1, -0.05) is 56.3 Å². The topological polar surface area (TPSA) is 59.1 Å². The zero-order valence-electron chi connectivity index (χ0n) is 15.1. The first-order valence-electron chi connectivity index (χ1n) is 8.47. The van der Waals surface area contributed by atoms with E-state index < -0.39 is 10.0 Å². The number of aryl methyl sites for hydroxylation is 1. The van der Waals surface area contributed by atoms with E-state index in [1.165, 1.54) is 0 Å². The Morgan fingerprint density at radius 2 is 1.85 bits per heavy atom. The van der Waals surface area contributed by atoms with Crippen LogP contribution in [0, 0.1) is 6.92 Å². The normalized spacial score (nSPS) is 11.8. The molecule has 0 amide bonds. The number of rotatable bonds is 6. The number of hydrogen-bond acceptors (Lipinski definition) is 4. The molecule has 3 aromatic rings. The molecule has 0 saturated carbocycles. The van der Waals surface area contributed by atoms with Gasteiger partial charge in [-0.25, -0.2) is 18.1 Å². The van der Waals surface area contributed by atoms with Gasteiger partial charge in [-0.05, 0) is 30.0 Å². The van der Waals surface area contributed by atoms with Crippen molar-refractivity contribution in [2.75, 3.05) is 0 Å². The average Bonchev–Trinajstić information content (AvgIpc) is 3.07. The van der Waals surface area contributed by atoms with Gasteiger partial charge in [0.25, 0.3) is 0 Å². The standard InChI is InChI=1S/C20H22N2O2S2/c1-14(2)18-10-9-17(19-13-25-15(3)22-19)11-20(18)26(23,24)21-12-16-7-5-4-6-8-16/h4-11,13-14,21H,12H2,1-3H3. The number of nitrogens with one attached hydrogen (secondary N) is 1. The molecular weight excluding hydrogens is 364 g/mol. The number of thiazole rings is 1. The highest BCUT2D eigenvalue weighted by Gasteiger charge is 2.21. The molecule has 0 saturated heterocycles. The third kappa shape index (κ3) is 4.20. The predicted octanol–water partition coefficient (Wildman–Crippen LogP) is 4.72. The van der Waals surface area contributed by atoms with Crippen LogP contribution in [0.25, 0.3) is 11.3 Å². The van der Waals surface area contributed by atoms with Crippen molar-refractivity contribution in [1.82, 2.24) is 9.71 Å². The fourth-order valence-corrected chi connectivity index (χ4v) is 4.78. The fraction of sp³-hybridized carbons (Fsp3) is 0.250. The Bertz CT molecular complexity index is 994. The maximum absolute atomic E-state index is 13.0. The zero-order chi connectivity index (χ0) is 18.7. The molecule has 4 nitrogen and oxygen atoms in total. The first-order chi connectivity index (χ1) is 12.4. The van der Waals surface area contributed by atoms with Gasteiger partial charge in [-0.15, -0.1) is 11.3 Å². The first kappa shape index (κ1) is 18.8. The van der Waals surface area contributed by atoms with E-state index in [1.54, 1.807) is 17.4 Å². The summed E-state index contributed by atoms with van der Waals surface area (Å²) in [7, 11) is -3.63. The predicted molar refractivity (Wildman–Crippen MR) is 107 cm³/mol. The lowest BCUT2D eigenvalue weighted by Crippen LogP contribution is -2.24. The molecule has 0 aliphatic carbocycles. The maximum Gasteiger partial charge on any atom is 0.241 e. The summed E-state index contributed by atoms with van der Waals surface area (Å²) in [4.78, 5) is 4.80. The summed E-state index contributed by atoms with van der Waals surface area (Å²) in [5.74, 6) is 0.101. The summed E-state index contributed by atoms with van der Waals surface area (Å²) in [5, 5.41) is 2.91. The summed E-state index contributed by atoms with van der Waals surface area (Å²) >= 11 is 1.55. The van der Waals surface area contributed by atoms with Gasteiger partial charge < -0.3 is 0 Å². The molecule has 0 unspecified atom stereocenters. The van der Waals surface area contributed by atoms with Crippen LogP contribution in [-0.4, -0.2) is 13.4 Å². The van der Waals surface area contributed by atoms with Crippen LogP contribution in [0.15, 0.2) is 58.8 Å². The molecule has 6 heteroatoms. The first-order valence-corrected chi connectivity index (χ1v) is 10.8. The van der Waals surface area contributed by atoms with Crippen molar-refractivity contribution in [1.29, 1.82) is 0 Å². The lowest BCUT2D eigenvalue weighted by molar-refractivity contribution is 0.579. The van der Waals surface area contributed by atoms with Crippen LogP contribution in [0.2, 0.25) is 0 Å². The highest BCUT2D eigenvalue weighted by Crippen LogP contribution is 2.30. The Morgan fingerprint density at radius 1 is 1.12 bits per heavy atom. The molecule has 2 aromatic carbocycles. The minimum Gasteiger partial charge on any atom is -0.242 e. The van der Waals surface area contributed by atoms with E-state index in [2.05, 4.69) is 9.71 Å². The Balaban J connectivity index is 1.97. The Morgan fingerprint density at radius 3 is 2.46 bits per heavy atom. The molecule has 0 aliphatic rings. The van der Waals surface area contributed by atoms with E-state index in [4.69, 9.17) is 0 Å². The molecule has 1 aromatic heterocycles. The van der Waals surface area contributed by atoms with E-state index in [1.807, 2.05) is 68.6 Å². The summed E-state index contributed by atoms with van der Waals surface area (Å²) in [6.07, 6.45) is 0. The number of hydrogen-bond donors (Lipinski definition) is 1. The van der Waals surface area contributed by atoms with Crippen LogP contribution in [-0.2, 0) is 16.6 Å². The van der Waals surface area contributed by atoms with Gasteiger partial charge >= 0.3 is 0 Å². The largest absolute Gasteiger partial charge is 0.242 e. The van der Waals surface area contributed by atoms with Crippen LogP contribution < -0.4 is 4.72 Å². The highest BCUT2D eigenvalue weighted by atomic mass is 32.2. The molecule has 136 valence electrons. The third-order valence-corrected chi connectivity index (χ3v) is 6.38. The highest BCUT2D eigenvalue weighted by molar-refractivity contribution is 7.89. The van der Waals surface area contributed by atoms with Crippen molar-refractivity contribution >= 4 is 21.4 Å². The van der Waals surface area contributed by atoms with E-state index in [-0.39, 0.29) is 12.5 Å². The van der Waals surface area contributed by atoms with Crippen LogP contribution in [0.1, 0.15) is 35.9 Å². The second kappa shape index (κ2) is 7.70. The molecule has 0 spiro atoms. The fourth-order valence-electron chi connectivity index (χ4n) is 2.75. The van der Waals surface area contributed by atoms with Gasteiger partial charge in [0.2, 0.25) is 10.0 Å². The monoisotopic (exact) mass is 386 g/mol. The SMILES string of the molecule is Cc1nc(-c2ccc(C(C)C)c(S(=O)(=O)NCc3ccccc3)c2)cs1. The van der Waals surface area contributed by atoms with Crippen molar-refractivity contribution in [3.05, 3.63) is 70.0 Å². The van der Waals surface area contributed by atoms with Crippen molar-refractivity contribution in [2.45, 2.75) is 38.1 Å². The number of benzene rings is 2. The molecule has 0 fully saturated rings. The van der Waals surface area contributed by atoms with Gasteiger partial charge in [0.15, 0.2) is 0 Å². The molecule has 0 aliphatic heterocycles. The lowest BCUT2D eigenvalue weighted by atomic mass is 10.0. The molecule has 0 atom stereocenters. The van der Waals surface area contributed by atoms with Crippen molar-refractivity contribution in [3.63, 3.8) is 0 Å². The summed E-state index contributed by atoms with van der Waals surface area (Å²) in [5.41, 5.74) is 3.36. The van der Waals surface area contributed by atoms with Gasteiger partial charge in [0.1, 0.15) is 0 Å². The number of aromatic nitrogens is 1. The number of nitrogens with zero attached hydrogens (tertiary/aromatic N) is 1. The van der Waals surface area contributed by atoms with Gasteiger partial charge in [-0.2, -0.15) is 0 Å². The molecule has 1 heterocycles. The molecular formula is C20H22N2O2S2. The van der Waals surface area contributed by atoms with Gasteiger partial charge in [0.05, 0.1) is 15.6 Å². The third-order valence-electron chi connectivity index (χ3n) is 4.15. The lowest BCUT2D eigenvalue weighted by Gasteiger charge is -2.15. The van der Waals surface area contributed by atoms with Gasteiger partial charge in [-0.3, -0.25) is 0 Å².